The smallest absolute Gasteiger partial charge is 0.142 e. The fourth-order valence-corrected chi connectivity index (χ4v) is 6.44. The maximum Gasteiger partial charge on any atom is 0.142 e. The zero-order chi connectivity index (χ0) is 28.9. The number of pyridine rings is 1. The van der Waals surface area contributed by atoms with Gasteiger partial charge in [0.05, 0.1) is 26.8 Å². The maximum atomic E-state index is 16.4. The average Bonchev–Trinajstić information content (AvgIpc) is 3.80. The predicted molar refractivity (Wildman–Crippen MR) is 172 cm³/mol. The minimum absolute atomic E-state index is 0.306. The van der Waals surface area contributed by atoms with Gasteiger partial charge in [-0.2, -0.15) is 5.10 Å². The van der Waals surface area contributed by atoms with Crippen molar-refractivity contribution in [3.05, 3.63) is 94.0 Å². The largest absolute Gasteiger partial charge is 0.353 e. The quantitative estimate of drug-likeness (QED) is 0.177. The first kappa shape index (κ1) is 28.7. The summed E-state index contributed by atoms with van der Waals surface area (Å²) < 4.78 is 16.4. The van der Waals surface area contributed by atoms with Gasteiger partial charge in [0.1, 0.15) is 11.5 Å². The molecule has 1 saturated carbocycles. The van der Waals surface area contributed by atoms with Gasteiger partial charge in [-0.15, -0.1) is 11.3 Å². The van der Waals surface area contributed by atoms with Crippen molar-refractivity contribution in [1.82, 2.24) is 25.5 Å². The molecule has 0 aromatic carbocycles. The van der Waals surface area contributed by atoms with Crippen LogP contribution in [-0.2, 0) is 0 Å². The summed E-state index contributed by atoms with van der Waals surface area (Å²) in [6.07, 6.45) is 14.6. The van der Waals surface area contributed by atoms with Crippen molar-refractivity contribution >= 4 is 34.1 Å². The molecule has 4 heterocycles. The van der Waals surface area contributed by atoms with E-state index in [1.165, 1.54) is 30.6 Å². The van der Waals surface area contributed by atoms with Crippen molar-refractivity contribution in [2.75, 3.05) is 13.1 Å². The number of thiophene rings is 1. The van der Waals surface area contributed by atoms with Crippen LogP contribution in [0.15, 0.2) is 78.6 Å². The second-order valence-corrected chi connectivity index (χ2v) is 11.9. The van der Waals surface area contributed by atoms with Crippen molar-refractivity contribution in [3.63, 3.8) is 0 Å². The van der Waals surface area contributed by atoms with E-state index in [0.717, 1.165) is 39.5 Å². The highest BCUT2D eigenvalue weighted by molar-refractivity contribution is 7.15. The van der Waals surface area contributed by atoms with Crippen LogP contribution in [0.3, 0.4) is 0 Å². The first-order valence-corrected chi connectivity index (χ1v) is 15.1. The molecule has 0 amide bonds. The number of hydrogen-bond donors (Lipinski definition) is 3. The number of hydrogen-bond acceptors (Lipinski definition) is 4. The minimum atomic E-state index is -0.417. The molecule has 0 radical (unpaired) electrons. The summed E-state index contributed by atoms with van der Waals surface area (Å²) in [5.74, 6) is 0.330. The molecule has 0 unspecified atom stereocenters. The van der Waals surface area contributed by atoms with Gasteiger partial charge in [0.15, 0.2) is 0 Å². The van der Waals surface area contributed by atoms with Crippen LogP contribution in [0.5, 0.6) is 0 Å². The summed E-state index contributed by atoms with van der Waals surface area (Å²) in [7, 11) is 0. The van der Waals surface area contributed by atoms with Crippen LogP contribution >= 0.6 is 11.3 Å². The highest BCUT2D eigenvalue weighted by Gasteiger charge is 2.18. The molecule has 0 spiro atoms. The van der Waals surface area contributed by atoms with E-state index in [2.05, 4.69) is 57.7 Å². The number of aromatic amines is 2. The highest BCUT2D eigenvalue weighted by atomic mass is 32.1. The molecular weight excluding hydrogens is 529 g/mol. The van der Waals surface area contributed by atoms with Crippen LogP contribution in [-0.4, -0.2) is 33.3 Å². The van der Waals surface area contributed by atoms with Gasteiger partial charge in [0.2, 0.25) is 0 Å². The number of H-pyrrole nitrogens is 2. The first-order chi connectivity index (χ1) is 19.9. The molecular formula is C34H38FN5S. The number of nitrogens with one attached hydrogen (secondary N) is 3. The summed E-state index contributed by atoms with van der Waals surface area (Å²) >= 11 is 1.70. The number of halogens is 1. The Labute approximate surface area is 245 Å². The molecule has 0 bridgehead atoms. The lowest BCUT2D eigenvalue weighted by Crippen LogP contribution is -2.26. The fraction of sp³-hybridized carbons (Fsp3) is 0.294. The lowest BCUT2D eigenvalue weighted by molar-refractivity contribution is 0.503. The van der Waals surface area contributed by atoms with Crippen molar-refractivity contribution in [2.45, 2.75) is 46.5 Å². The molecule has 1 fully saturated rings. The molecule has 4 aromatic heterocycles. The predicted octanol–water partition coefficient (Wildman–Crippen LogP) is 7.26. The van der Waals surface area contributed by atoms with Crippen LogP contribution < -0.4 is 15.9 Å². The fourth-order valence-electron chi connectivity index (χ4n) is 5.56. The SMILES string of the molecule is C=C/C(=C\C(=C/C)C(=C)/C(F)=c1/c(-c2cc3c(-c4ccc(C)s4)nccc3[nH]2)n[nH]/c1=C/C)CNCC1CCCC1. The van der Waals surface area contributed by atoms with E-state index in [1.54, 1.807) is 17.5 Å². The molecule has 7 heteroatoms. The summed E-state index contributed by atoms with van der Waals surface area (Å²) in [6.45, 7) is 15.7. The van der Waals surface area contributed by atoms with E-state index in [4.69, 9.17) is 0 Å². The number of aryl methyl sites for hydroxylation is 1. The van der Waals surface area contributed by atoms with Crippen LogP contribution in [0.4, 0.5) is 4.39 Å². The molecule has 212 valence electrons. The highest BCUT2D eigenvalue weighted by Crippen LogP contribution is 2.33. The van der Waals surface area contributed by atoms with Gasteiger partial charge < -0.3 is 10.3 Å². The molecule has 4 aromatic rings. The van der Waals surface area contributed by atoms with Gasteiger partial charge in [-0.1, -0.05) is 50.3 Å². The average molecular weight is 568 g/mol. The Balaban J connectivity index is 1.50. The molecule has 1 aliphatic carbocycles. The van der Waals surface area contributed by atoms with E-state index in [0.29, 0.717) is 39.6 Å². The molecule has 41 heavy (non-hydrogen) atoms. The van der Waals surface area contributed by atoms with Crippen LogP contribution in [0.25, 0.3) is 44.8 Å². The Bertz CT molecular complexity index is 1760. The van der Waals surface area contributed by atoms with Gasteiger partial charge >= 0.3 is 0 Å². The van der Waals surface area contributed by atoms with Crippen molar-refractivity contribution in [1.29, 1.82) is 0 Å². The standard InChI is InChI=1S/C34H38FN5S/c1-6-23(19-36-20-24-11-9-10-12-24)17-25(7-2)22(5)32(35)31-27(8-3)39-40-34(31)29-18-26-28(38-29)15-16-37-33(26)30-14-13-21(4)41-30/h6-8,13-18,24,36,38-39H,1,5,9-12,19-20H2,2-4H3/b23-17+,25-7+,27-8+,32-31-. The maximum absolute atomic E-state index is 16.4. The Morgan fingerprint density at radius 2 is 2.00 bits per heavy atom. The normalized spacial score (nSPS) is 16.1. The summed E-state index contributed by atoms with van der Waals surface area (Å²) in [5.41, 5.74) is 5.05. The van der Waals surface area contributed by atoms with Crippen molar-refractivity contribution in [3.8, 4) is 22.0 Å². The Kier molecular flexibility index (Phi) is 8.96. The third kappa shape index (κ3) is 6.11. The zero-order valence-electron chi connectivity index (χ0n) is 24.1. The third-order valence-corrected chi connectivity index (χ3v) is 8.85. The molecule has 0 saturated heterocycles. The zero-order valence-corrected chi connectivity index (χ0v) is 24.9. The first-order valence-electron chi connectivity index (χ1n) is 14.3. The molecule has 5 rings (SSSR count). The van der Waals surface area contributed by atoms with E-state index < -0.39 is 5.83 Å². The number of aromatic nitrogens is 4. The molecule has 1 aliphatic rings. The number of fused-ring (bicyclic) bond motifs is 1. The van der Waals surface area contributed by atoms with Crippen molar-refractivity contribution in [2.24, 2.45) is 5.92 Å². The van der Waals surface area contributed by atoms with Crippen LogP contribution in [0, 0.1) is 12.8 Å². The number of nitrogens with zero attached hydrogens (tertiary/aromatic N) is 2. The van der Waals surface area contributed by atoms with Gasteiger partial charge in [-0.05, 0) is 81.5 Å². The van der Waals surface area contributed by atoms with Crippen LogP contribution in [0.2, 0.25) is 0 Å². The monoisotopic (exact) mass is 567 g/mol. The Morgan fingerprint density at radius 3 is 2.68 bits per heavy atom. The van der Waals surface area contributed by atoms with E-state index in [9.17, 15) is 0 Å². The number of allylic oxidation sites excluding steroid dienone is 4. The van der Waals surface area contributed by atoms with Gasteiger partial charge in [0.25, 0.3) is 0 Å². The van der Waals surface area contributed by atoms with Gasteiger partial charge in [0, 0.05) is 34.1 Å². The lowest BCUT2D eigenvalue weighted by Gasteiger charge is -2.12. The molecule has 0 aliphatic heterocycles. The molecule has 3 N–H and O–H groups in total. The third-order valence-electron chi connectivity index (χ3n) is 7.84. The second-order valence-electron chi connectivity index (χ2n) is 10.6. The minimum Gasteiger partial charge on any atom is -0.353 e. The van der Waals surface area contributed by atoms with Crippen LogP contribution in [0.1, 0.15) is 44.4 Å². The second kappa shape index (κ2) is 12.8. The molecule has 5 nitrogen and oxygen atoms in total. The lowest BCUT2D eigenvalue weighted by atomic mass is 10.0. The van der Waals surface area contributed by atoms with Gasteiger partial charge in [-0.25, -0.2) is 4.39 Å². The number of rotatable bonds is 10. The van der Waals surface area contributed by atoms with Crippen molar-refractivity contribution < 1.29 is 4.39 Å². The van der Waals surface area contributed by atoms with E-state index >= 15 is 4.39 Å². The molecule has 0 atom stereocenters. The Morgan fingerprint density at radius 1 is 1.20 bits per heavy atom. The topological polar surface area (TPSA) is 69.4 Å². The summed E-state index contributed by atoms with van der Waals surface area (Å²) in [5, 5.41) is 13.1. The van der Waals surface area contributed by atoms with Gasteiger partial charge in [-0.3, -0.25) is 10.1 Å². The Hall–Kier alpha value is -3.81. The summed E-state index contributed by atoms with van der Waals surface area (Å²) in [6, 6.07) is 8.12. The van der Waals surface area contributed by atoms with E-state index in [-0.39, 0.29) is 0 Å². The van der Waals surface area contributed by atoms with E-state index in [1.807, 2.05) is 50.3 Å². The summed E-state index contributed by atoms with van der Waals surface area (Å²) in [4.78, 5) is 10.4.